The van der Waals surface area contributed by atoms with E-state index in [0.29, 0.717) is 50.2 Å². The lowest BCUT2D eigenvalue weighted by atomic mass is 9.91. The Bertz CT molecular complexity index is 3480. The van der Waals surface area contributed by atoms with Crippen molar-refractivity contribution in [1.29, 1.82) is 0 Å². The van der Waals surface area contributed by atoms with Crippen LogP contribution in [0.1, 0.15) is 0 Å². The summed E-state index contributed by atoms with van der Waals surface area (Å²) >= 11 is 0. The maximum atomic E-state index is 5.58. The van der Waals surface area contributed by atoms with Gasteiger partial charge in [0.2, 0.25) is 0 Å². The Balaban J connectivity index is 1.09. The van der Waals surface area contributed by atoms with E-state index in [-0.39, 0.29) is 0 Å². The zero-order chi connectivity index (χ0) is 36.7. The summed E-state index contributed by atoms with van der Waals surface area (Å²) in [6.07, 6.45) is 0. The number of hydrogen-bond donors (Lipinski definition) is 0. The summed E-state index contributed by atoms with van der Waals surface area (Å²) in [6, 6.07) is 52.2. The van der Waals surface area contributed by atoms with E-state index in [4.69, 9.17) is 13.9 Å². The molecule has 10 nitrogen and oxygen atoms in total. The molecule has 56 heavy (non-hydrogen) atoms. The van der Waals surface area contributed by atoms with E-state index in [1.54, 1.807) is 0 Å². The summed E-state index contributed by atoms with van der Waals surface area (Å²) in [5, 5.41) is 35.7. The lowest BCUT2D eigenvalue weighted by Gasteiger charge is -2.26. The zero-order valence-corrected chi connectivity index (χ0v) is 29.3. The van der Waals surface area contributed by atoms with Crippen molar-refractivity contribution in [2.24, 2.45) is 0 Å². The van der Waals surface area contributed by atoms with E-state index in [2.05, 4.69) is 146 Å². The van der Waals surface area contributed by atoms with Crippen molar-refractivity contribution in [3.63, 3.8) is 0 Å². The molecule has 0 N–H and O–H groups in total. The van der Waals surface area contributed by atoms with E-state index in [1.165, 1.54) is 10.8 Å². The van der Waals surface area contributed by atoms with Crippen LogP contribution < -0.4 is 4.90 Å². The van der Waals surface area contributed by atoms with Crippen LogP contribution >= 0.6 is 0 Å². The number of benzene rings is 9. The van der Waals surface area contributed by atoms with Crippen LogP contribution in [-0.2, 0) is 0 Å². The smallest absolute Gasteiger partial charge is 0.159 e. The maximum Gasteiger partial charge on any atom is 0.159 e. The molecule has 0 saturated carbocycles. The van der Waals surface area contributed by atoms with E-state index in [9.17, 15) is 0 Å². The normalized spacial score (nSPS) is 11.9. The monoisotopic (exact) mass is 723 g/mol. The molecule has 0 saturated heterocycles. The van der Waals surface area contributed by atoms with Crippen LogP contribution in [0.15, 0.2) is 166 Å². The van der Waals surface area contributed by atoms with E-state index < -0.39 is 0 Å². The van der Waals surface area contributed by atoms with Crippen LogP contribution in [0.2, 0.25) is 0 Å². The molecule has 0 aliphatic carbocycles. The minimum Gasteiger partial charge on any atom is -0.303 e. The summed E-state index contributed by atoms with van der Waals surface area (Å²) < 4.78 is 16.3. The van der Waals surface area contributed by atoms with Crippen LogP contribution in [0.5, 0.6) is 0 Å². The van der Waals surface area contributed by atoms with Crippen molar-refractivity contribution >= 4 is 93.3 Å². The quantitative estimate of drug-likeness (QED) is 0.159. The van der Waals surface area contributed by atoms with Gasteiger partial charge in [-0.25, -0.2) is 13.9 Å². The van der Waals surface area contributed by atoms with Gasteiger partial charge < -0.3 is 4.90 Å². The predicted octanol–water partition coefficient (Wildman–Crippen LogP) is 11.7. The van der Waals surface area contributed by atoms with Gasteiger partial charge in [0.05, 0.1) is 17.1 Å². The Morgan fingerprint density at radius 3 is 1.57 bits per heavy atom. The van der Waals surface area contributed by atoms with Gasteiger partial charge >= 0.3 is 0 Å². The maximum absolute atomic E-state index is 5.58. The third-order valence-corrected chi connectivity index (χ3v) is 10.8. The number of rotatable bonds is 5. The van der Waals surface area contributed by atoms with Crippen LogP contribution in [0.3, 0.4) is 0 Å². The van der Waals surface area contributed by atoms with Crippen LogP contribution in [0.4, 0.5) is 17.1 Å². The molecule has 0 radical (unpaired) electrons. The van der Waals surface area contributed by atoms with Gasteiger partial charge in [0.15, 0.2) is 16.6 Å². The van der Waals surface area contributed by atoms with Gasteiger partial charge in [-0.1, -0.05) is 91.0 Å². The summed E-state index contributed by atoms with van der Waals surface area (Å²) in [6.45, 7) is 0. The molecular weight excluding hydrogens is 699 g/mol. The molecule has 12 aromatic rings. The van der Waals surface area contributed by atoms with Gasteiger partial charge in [-0.2, -0.15) is 0 Å². The lowest BCUT2D eigenvalue weighted by molar-refractivity contribution is 0.315. The van der Waals surface area contributed by atoms with E-state index >= 15 is 0 Å². The zero-order valence-electron chi connectivity index (χ0n) is 29.3. The fourth-order valence-electron chi connectivity index (χ4n) is 8.28. The molecule has 262 valence electrons. The highest BCUT2D eigenvalue weighted by Gasteiger charge is 2.28. The first-order valence-electron chi connectivity index (χ1n) is 18.1. The van der Waals surface area contributed by atoms with Gasteiger partial charge in [-0.05, 0) is 146 Å². The topological polar surface area (TPSA) is 120 Å². The van der Waals surface area contributed by atoms with Gasteiger partial charge in [-0.15, -0.1) is 0 Å². The molecule has 0 unspecified atom stereocenters. The number of aromatic nitrogens is 6. The highest BCUT2D eigenvalue weighted by atomic mass is 16.6. The first-order chi connectivity index (χ1) is 27.8. The summed E-state index contributed by atoms with van der Waals surface area (Å²) in [5.41, 5.74) is 9.31. The Hall–Kier alpha value is -7.98. The number of nitrogens with zero attached hydrogens (tertiary/aromatic N) is 7. The molecule has 12 rings (SSSR count). The van der Waals surface area contributed by atoms with Crippen molar-refractivity contribution in [3.05, 3.63) is 152 Å². The minimum absolute atomic E-state index is 0.545. The molecule has 0 aliphatic rings. The third-order valence-electron chi connectivity index (χ3n) is 10.8. The molecule has 0 atom stereocenters. The van der Waals surface area contributed by atoms with Crippen LogP contribution in [0, 0.1) is 0 Å². The van der Waals surface area contributed by atoms with Gasteiger partial charge in [-0.3, -0.25) is 0 Å². The molecule has 0 aliphatic heterocycles. The third kappa shape index (κ3) is 4.50. The van der Waals surface area contributed by atoms with Crippen molar-refractivity contribution in [1.82, 2.24) is 30.9 Å². The van der Waals surface area contributed by atoms with Crippen molar-refractivity contribution in [2.75, 3.05) is 4.90 Å². The standard InChI is InChI=1S/C46H25N7O3/c1-2-9-27-23-32-25-31(17-16-28(32)22-26(27)8-1)35-18-20-39(45-42(35)48-55-51-45)53(38-15-7-14-37-44(38)50-54-47-37)40-21-19-36(43-46(40)52-56-49-43)41-33-12-5-3-10-29(33)24-30-11-4-6-13-34(30)41/h1-25H. The minimum atomic E-state index is 0.545. The molecule has 9 aromatic carbocycles. The summed E-state index contributed by atoms with van der Waals surface area (Å²) in [5.74, 6) is 0. The Morgan fingerprint density at radius 1 is 0.339 bits per heavy atom. The van der Waals surface area contributed by atoms with E-state index in [0.717, 1.165) is 54.6 Å². The second kappa shape index (κ2) is 11.8. The molecule has 0 spiro atoms. The fourth-order valence-corrected chi connectivity index (χ4v) is 8.28. The predicted molar refractivity (Wildman–Crippen MR) is 218 cm³/mol. The van der Waals surface area contributed by atoms with Crippen molar-refractivity contribution in [2.45, 2.75) is 0 Å². The average Bonchev–Trinajstić information content (AvgIpc) is 4.05. The second-order valence-corrected chi connectivity index (χ2v) is 13.9. The second-order valence-electron chi connectivity index (χ2n) is 13.9. The SMILES string of the molecule is c1ccc2cc3cc(-c4ccc(N(c5cccc6nonc56)c5ccc(-c6c7ccccc7cc7ccccc67)c6nonc56)c5nonc45)ccc3cc2c1. The van der Waals surface area contributed by atoms with Crippen molar-refractivity contribution < 1.29 is 13.9 Å². The first-order valence-corrected chi connectivity index (χ1v) is 18.1. The average molecular weight is 724 g/mol. The molecular formula is C46H25N7O3. The Kier molecular flexibility index (Phi) is 6.40. The van der Waals surface area contributed by atoms with Gasteiger partial charge in [0.25, 0.3) is 0 Å². The molecule has 0 fully saturated rings. The van der Waals surface area contributed by atoms with Crippen LogP contribution in [0.25, 0.3) is 98.4 Å². The van der Waals surface area contributed by atoms with Crippen molar-refractivity contribution in [3.8, 4) is 22.3 Å². The number of fused-ring (bicyclic) bond motifs is 7. The Morgan fingerprint density at radius 2 is 0.857 bits per heavy atom. The fraction of sp³-hybridized carbons (Fsp3) is 0. The highest BCUT2D eigenvalue weighted by Crippen LogP contribution is 2.47. The first kappa shape index (κ1) is 30.5. The van der Waals surface area contributed by atoms with Gasteiger partial charge in [0.1, 0.15) is 16.6 Å². The molecule has 0 bridgehead atoms. The summed E-state index contributed by atoms with van der Waals surface area (Å²) in [4.78, 5) is 2.02. The molecule has 10 heteroatoms. The van der Waals surface area contributed by atoms with Gasteiger partial charge in [0, 0.05) is 11.1 Å². The molecule has 3 heterocycles. The number of hydrogen-bond acceptors (Lipinski definition) is 10. The Labute approximate surface area is 316 Å². The summed E-state index contributed by atoms with van der Waals surface area (Å²) in [7, 11) is 0. The number of anilines is 3. The lowest BCUT2D eigenvalue weighted by Crippen LogP contribution is -2.12. The van der Waals surface area contributed by atoms with Crippen LogP contribution in [-0.4, -0.2) is 30.9 Å². The van der Waals surface area contributed by atoms with E-state index in [1.807, 2.05) is 41.3 Å². The molecule has 3 aromatic heterocycles. The highest BCUT2D eigenvalue weighted by molar-refractivity contribution is 6.18. The largest absolute Gasteiger partial charge is 0.303 e. The molecule has 0 amide bonds.